The van der Waals surface area contributed by atoms with Crippen molar-refractivity contribution in [3.63, 3.8) is 0 Å². The molecule has 0 bridgehead atoms. The van der Waals surface area contributed by atoms with Crippen LogP contribution in [0, 0.1) is 5.82 Å². The van der Waals surface area contributed by atoms with Gasteiger partial charge in [-0.15, -0.1) is 0 Å². The highest BCUT2D eigenvalue weighted by molar-refractivity contribution is 6.32. The van der Waals surface area contributed by atoms with Crippen LogP contribution < -0.4 is 5.01 Å². The van der Waals surface area contributed by atoms with Gasteiger partial charge in [-0.2, -0.15) is 10.1 Å². The number of nitrogens with zero attached hydrogens (tertiary/aromatic N) is 3. The molecule has 1 aromatic heterocycles. The van der Waals surface area contributed by atoms with E-state index in [4.69, 9.17) is 0 Å². The van der Waals surface area contributed by atoms with Crippen LogP contribution in [0.25, 0.3) is 17.0 Å². The summed E-state index contributed by atoms with van der Waals surface area (Å²) in [5.41, 5.74) is 4.46. The molecule has 0 radical (unpaired) electrons. The second-order valence-corrected chi connectivity index (χ2v) is 7.52. The Morgan fingerprint density at radius 3 is 2.45 bits per heavy atom. The number of carbonyl (C=O) groups excluding carboxylic acids is 1. The summed E-state index contributed by atoms with van der Waals surface area (Å²) in [6, 6.07) is 24.1. The van der Waals surface area contributed by atoms with E-state index >= 15 is 0 Å². The Hall–Kier alpha value is -3.99. The highest BCUT2D eigenvalue weighted by atomic mass is 19.1. The SMILES string of the molecule is CC1=NN(c2ccccc2)C(=O)/C1=C\c1cn(Cc2ccccc2F)c2ccccc12. The Labute approximate surface area is 179 Å². The fourth-order valence-electron chi connectivity index (χ4n) is 3.92. The van der Waals surface area contributed by atoms with Crippen molar-refractivity contribution >= 4 is 34.3 Å². The number of rotatable bonds is 4. The van der Waals surface area contributed by atoms with Crippen LogP contribution in [0.4, 0.5) is 10.1 Å². The van der Waals surface area contributed by atoms with Crippen LogP contribution in [0.1, 0.15) is 18.1 Å². The van der Waals surface area contributed by atoms with E-state index in [-0.39, 0.29) is 11.7 Å². The predicted molar refractivity (Wildman–Crippen MR) is 122 cm³/mol. The van der Waals surface area contributed by atoms with Gasteiger partial charge in [0.1, 0.15) is 5.82 Å². The minimum atomic E-state index is -0.229. The van der Waals surface area contributed by atoms with Crippen molar-refractivity contribution in [1.29, 1.82) is 0 Å². The van der Waals surface area contributed by atoms with Crippen LogP contribution in [0.15, 0.2) is 95.7 Å². The third-order valence-corrected chi connectivity index (χ3v) is 5.48. The first kappa shape index (κ1) is 19.0. The van der Waals surface area contributed by atoms with Crippen molar-refractivity contribution in [2.75, 3.05) is 5.01 Å². The lowest BCUT2D eigenvalue weighted by Crippen LogP contribution is -2.21. The van der Waals surface area contributed by atoms with E-state index in [1.807, 2.05) is 84.4 Å². The molecular weight excluding hydrogens is 389 g/mol. The maximum atomic E-state index is 14.2. The molecule has 0 spiro atoms. The number of amides is 1. The molecule has 0 atom stereocenters. The zero-order valence-electron chi connectivity index (χ0n) is 17.0. The van der Waals surface area contributed by atoms with Crippen LogP contribution in [-0.2, 0) is 11.3 Å². The monoisotopic (exact) mass is 409 g/mol. The van der Waals surface area contributed by atoms with E-state index in [0.717, 1.165) is 22.2 Å². The number of anilines is 1. The topological polar surface area (TPSA) is 37.6 Å². The second-order valence-electron chi connectivity index (χ2n) is 7.52. The van der Waals surface area contributed by atoms with Crippen LogP contribution in [0.3, 0.4) is 0 Å². The molecule has 1 amide bonds. The van der Waals surface area contributed by atoms with E-state index in [1.165, 1.54) is 11.1 Å². The van der Waals surface area contributed by atoms with Crippen molar-refractivity contribution in [3.05, 3.63) is 108 Å². The van der Waals surface area contributed by atoms with Gasteiger partial charge in [-0.25, -0.2) is 4.39 Å². The third-order valence-electron chi connectivity index (χ3n) is 5.48. The summed E-state index contributed by atoms with van der Waals surface area (Å²) in [6.45, 7) is 2.25. The summed E-state index contributed by atoms with van der Waals surface area (Å²) < 4.78 is 16.2. The summed E-state index contributed by atoms with van der Waals surface area (Å²) >= 11 is 0. The fraction of sp³-hybridized carbons (Fsp3) is 0.0769. The molecule has 0 unspecified atom stereocenters. The van der Waals surface area contributed by atoms with E-state index in [1.54, 1.807) is 12.1 Å². The molecule has 0 saturated heterocycles. The van der Waals surface area contributed by atoms with Crippen molar-refractivity contribution in [2.24, 2.45) is 5.10 Å². The molecule has 3 aromatic carbocycles. The zero-order valence-corrected chi connectivity index (χ0v) is 17.0. The number of hydrogen-bond donors (Lipinski definition) is 0. The smallest absolute Gasteiger partial charge is 0.280 e. The normalized spacial score (nSPS) is 15.2. The highest BCUT2D eigenvalue weighted by Crippen LogP contribution is 2.29. The average molecular weight is 409 g/mol. The Morgan fingerprint density at radius 1 is 0.935 bits per heavy atom. The molecule has 152 valence electrons. The third kappa shape index (κ3) is 3.44. The number of halogens is 1. The molecular formula is C26H20FN3O. The lowest BCUT2D eigenvalue weighted by molar-refractivity contribution is -0.114. The predicted octanol–water partition coefficient (Wildman–Crippen LogP) is 5.63. The van der Waals surface area contributed by atoms with Gasteiger partial charge in [-0.3, -0.25) is 4.79 Å². The van der Waals surface area contributed by atoms with Crippen molar-refractivity contribution in [1.82, 2.24) is 4.57 Å². The average Bonchev–Trinajstić information content (AvgIpc) is 3.28. The molecule has 4 aromatic rings. The van der Waals surface area contributed by atoms with Crippen LogP contribution in [0.5, 0.6) is 0 Å². The van der Waals surface area contributed by atoms with Gasteiger partial charge in [0.25, 0.3) is 5.91 Å². The first-order valence-electron chi connectivity index (χ1n) is 10.1. The first-order chi connectivity index (χ1) is 15.1. The summed E-state index contributed by atoms with van der Waals surface area (Å²) in [5, 5.41) is 6.89. The molecule has 4 nitrogen and oxygen atoms in total. The Balaban J connectivity index is 1.55. The Bertz CT molecular complexity index is 1350. The quantitative estimate of drug-likeness (QED) is 0.402. The molecule has 0 N–H and O–H groups in total. The molecule has 0 fully saturated rings. The summed E-state index contributed by atoms with van der Waals surface area (Å²) in [5.74, 6) is -0.387. The van der Waals surface area contributed by atoms with Gasteiger partial charge in [0.15, 0.2) is 0 Å². The summed E-state index contributed by atoms with van der Waals surface area (Å²) in [6.07, 6.45) is 3.85. The molecule has 5 heteroatoms. The molecule has 1 aliphatic rings. The molecule has 0 aliphatic carbocycles. The number of para-hydroxylation sites is 2. The molecule has 1 aliphatic heterocycles. The maximum absolute atomic E-state index is 14.2. The summed E-state index contributed by atoms with van der Waals surface area (Å²) in [7, 11) is 0. The largest absolute Gasteiger partial charge is 0.342 e. The highest BCUT2D eigenvalue weighted by Gasteiger charge is 2.28. The molecule has 5 rings (SSSR count). The minimum Gasteiger partial charge on any atom is -0.342 e. The number of aromatic nitrogens is 1. The molecule has 31 heavy (non-hydrogen) atoms. The lowest BCUT2D eigenvalue weighted by atomic mass is 10.1. The van der Waals surface area contributed by atoms with Crippen molar-refractivity contribution in [3.8, 4) is 0 Å². The zero-order chi connectivity index (χ0) is 21.4. The van der Waals surface area contributed by atoms with Gasteiger partial charge in [0.05, 0.1) is 23.5 Å². The van der Waals surface area contributed by atoms with E-state index in [2.05, 4.69) is 5.10 Å². The number of carbonyl (C=O) groups is 1. The summed E-state index contributed by atoms with van der Waals surface area (Å²) in [4.78, 5) is 13.1. The fourth-order valence-corrected chi connectivity index (χ4v) is 3.92. The van der Waals surface area contributed by atoms with E-state index in [0.29, 0.717) is 23.4 Å². The number of fused-ring (bicyclic) bond motifs is 1. The van der Waals surface area contributed by atoms with Crippen molar-refractivity contribution < 1.29 is 9.18 Å². The van der Waals surface area contributed by atoms with Gasteiger partial charge < -0.3 is 4.57 Å². The van der Waals surface area contributed by atoms with Gasteiger partial charge >= 0.3 is 0 Å². The number of benzene rings is 3. The number of hydrazone groups is 1. The van der Waals surface area contributed by atoms with Crippen LogP contribution >= 0.6 is 0 Å². The van der Waals surface area contributed by atoms with Crippen LogP contribution in [-0.4, -0.2) is 16.2 Å². The molecule has 0 saturated carbocycles. The molecule has 2 heterocycles. The second kappa shape index (κ2) is 7.69. The van der Waals surface area contributed by atoms with E-state index in [9.17, 15) is 9.18 Å². The van der Waals surface area contributed by atoms with Crippen molar-refractivity contribution in [2.45, 2.75) is 13.5 Å². The van der Waals surface area contributed by atoms with Gasteiger partial charge in [0, 0.05) is 28.2 Å². The Morgan fingerprint density at radius 2 is 1.65 bits per heavy atom. The number of hydrogen-bond acceptors (Lipinski definition) is 2. The lowest BCUT2D eigenvalue weighted by Gasteiger charge is -2.10. The maximum Gasteiger partial charge on any atom is 0.280 e. The van der Waals surface area contributed by atoms with Gasteiger partial charge in [-0.1, -0.05) is 54.6 Å². The first-order valence-corrected chi connectivity index (χ1v) is 10.1. The van der Waals surface area contributed by atoms with Gasteiger partial charge in [-0.05, 0) is 37.3 Å². The minimum absolute atomic E-state index is 0.158. The standard InChI is InChI=1S/C26H20FN3O/c1-18-23(26(31)30(28-18)21-10-3-2-4-11-21)15-20-17-29(25-14-8-6-12-22(20)25)16-19-9-5-7-13-24(19)27/h2-15,17H,16H2,1H3/b23-15-. The van der Waals surface area contributed by atoms with E-state index < -0.39 is 0 Å². The van der Waals surface area contributed by atoms with Crippen LogP contribution in [0.2, 0.25) is 0 Å². The van der Waals surface area contributed by atoms with Gasteiger partial charge in [0.2, 0.25) is 0 Å². The Kier molecular flexibility index (Phi) is 4.71.